The van der Waals surface area contributed by atoms with Crippen LogP contribution >= 0.6 is 11.8 Å². The summed E-state index contributed by atoms with van der Waals surface area (Å²) in [5, 5.41) is 1.81. The fraction of sp³-hybridized carbons (Fsp3) is 0.0625. The minimum absolute atomic E-state index is 0.147. The molecular weight excluding hydrogens is 320 g/mol. The van der Waals surface area contributed by atoms with E-state index in [0.29, 0.717) is 11.3 Å². The molecule has 0 bridgehead atoms. The molecule has 1 aromatic heterocycles. The van der Waals surface area contributed by atoms with Crippen molar-refractivity contribution in [2.45, 2.75) is 5.75 Å². The maximum atomic E-state index is 12.4. The highest BCUT2D eigenvalue weighted by molar-refractivity contribution is 7.93. The lowest BCUT2D eigenvalue weighted by atomic mass is 10.2. The number of sulfonamides is 1. The van der Waals surface area contributed by atoms with Crippen molar-refractivity contribution in [1.29, 1.82) is 0 Å². The number of anilines is 1. The third-order valence-corrected chi connectivity index (χ3v) is 5.49. The third kappa shape index (κ3) is 3.05. The fourth-order valence-electron chi connectivity index (χ4n) is 2.18. The Bertz CT molecular complexity index is 898. The lowest BCUT2D eigenvalue weighted by Gasteiger charge is -2.16. The van der Waals surface area contributed by atoms with Crippen LogP contribution in [0.4, 0.5) is 5.69 Å². The molecule has 3 rings (SSSR count). The molecule has 112 valence electrons. The topological polar surface area (TPSA) is 50.3 Å². The third-order valence-electron chi connectivity index (χ3n) is 3.26. The summed E-state index contributed by atoms with van der Waals surface area (Å²) >= 11 is 6.08. The number of pyridine rings is 1. The van der Waals surface area contributed by atoms with Gasteiger partial charge in [0, 0.05) is 29.6 Å². The molecule has 0 aliphatic heterocycles. The molecule has 0 fully saturated rings. The van der Waals surface area contributed by atoms with Crippen molar-refractivity contribution in [2.75, 3.05) is 3.82 Å². The molecule has 0 saturated heterocycles. The molecule has 2 aromatic carbocycles. The van der Waals surface area contributed by atoms with E-state index in [0.717, 1.165) is 14.6 Å². The molecule has 0 unspecified atom stereocenters. The highest BCUT2D eigenvalue weighted by Gasteiger charge is 2.21. The van der Waals surface area contributed by atoms with Crippen LogP contribution in [0.5, 0.6) is 0 Å². The van der Waals surface area contributed by atoms with Crippen molar-refractivity contribution in [3.63, 3.8) is 0 Å². The molecule has 22 heavy (non-hydrogen) atoms. The molecule has 0 saturated carbocycles. The monoisotopic (exact) mass is 332 g/mol. The Labute approximate surface area is 134 Å². The van der Waals surface area contributed by atoms with Crippen LogP contribution in [0, 0.1) is 0 Å². The zero-order valence-electron chi connectivity index (χ0n) is 11.6. The number of nitrogens with zero attached hydrogens (tertiary/aromatic N) is 2. The van der Waals surface area contributed by atoms with Crippen LogP contribution in [0.1, 0.15) is 5.56 Å². The number of benzene rings is 2. The van der Waals surface area contributed by atoms with Crippen molar-refractivity contribution >= 4 is 38.3 Å². The van der Waals surface area contributed by atoms with Crippen LogP contribution in [-0.2, 0) is 15.8 Å². The average Bonchev–Trinajstić information content (AvgIpc) is 2.54. The fourth-order valence-corrected chi connectivity index (χ4v) is 3.60. The van der Waals surface area contributed by atoms with Crippen LogP contribution in [-0.4, -0.2) is 13.4 Å². The Morgan fingerprint density at radius 2 is 1.77 bits per heavy atom. The van der Waals surface area contributed by atoms with Crippen molar-refractivity contribution < 1.29 is 8.42 Å². The molecular formula is C16H13ClN2O2S. The van der Waals surface area contributed by atoms with E-state index in [2.05, 4.69) is 4.98 Å². The van der Waals surface area contributed by atoms with E-state index in [1.165, 1.54) is 0 Å². The van der Waals surface area contributed by atoms with Crippen molar-refractivity contribution in [3.05, 3.63) is 72.6 Å². The Balaban J connectivity index is 1.92. The summed E-state index contributed by atoms with van der Waals surface area (Å²) in [5.74, 6) is -0.147. The molecule has 1 heterocycles. The van der Waals surface area contributed by atoms with Gasteiger partial charge in [-0.2, -0.15) is 3.82 Å². The summed E-state index contributed by atoms with van der Waals surface area (Å²) in [6.07, 6.45) is 3.37. The van der Waals surface area contributed by atoms with Crippen molar-refractivity contribution in [2.24, 2.45) is 0 Å². The van der Waals surface area contributed by atoms with Gasteiger partial charge in [0.05, 0.1) is 11.4 Å². The summed E-state index contributed by atoms with van der Waals surface area (Å²) in [4.78, 5) is 4.03. The van der Waals surface area contributed by atoms with Crippen LogP contribution < -0.4 is 3.82 Å². The van der Waals surface area contributed by atoms with Crippen LogP contribution in [0.3, 0.4) is 0 Å². The number of hydrogen-bond donors (Lipinski definition) is 0. The number of hydrogen-bond acceptors (Lipinski definition) is 3. The predicted molar refractivity (Wildman–Crippen MR) is 89.1 cm³/mol. The van der Waals surface area contributed by atoms with Gasteiger partial charge in [-0.25, -0.2) is 8.42 Å². The normalized spacial score (nSPS) is 11.5. The van der Waals surface area contributed by atoms with Gasteiger partial charge in [-0.1, -0.05) is 36.4 Å². The van der Waals surface area contributed by atoms with Crippen LogP contribution in [0.25, 0.3) is 10.8 Å². The SMILES string of the molecule is O=S(=O)(Cc1ccccc1)N(Cl)c1ccc2cnccc2c1. The summed E-state index contributed by atoms with van der Waals surface area (Å²) in [6, 6.07) is 16.0. The standard InChI is InChI=1S/C16H13ClN2O2S/c17-19(22(20,21)12-13-4-2-1-3-5-13)16-7-6-15-11-18-9-8-14(15)10-16/h1-11H,12H2. The average molecular weight is 333 g/mol. The van der Waals surface area contributed by atoms with Crippen LogP contribution in [0.2, 0.25) is 0 Å². The zero-order chi connectivity index (χ0) is 15.6. The largest absolute Gasteiger partial charge is 0.264 e. The molecule has 0 N–H and O–H groups in total. The smallest absolute Gasteiger partial charge is 0.253 e. The van der Waals surface area contributed by atoms with E-state index in [4.69, 9.17) is 11.8 Å². The minimum Gasteiger partial charge on any atom is -0.264 e. The lowest BCUT2D eigenvalue weighted by Crippen LogP contribution is -2.22. The predicted octanol–water partition coefficient (Wildman–Crippen LogP) is 3.73. The molecule has 6 heteroatoms. The molecule has 0 spiro atoms. The van der Waals surface area contributed by atoms with Gasteiger partial charge in [-0.15, -0.1) is 0 Å². The first-order valence-corrected chi connectivity index (χ1v) is 8.57. The van der Waals surface area contributed by atoms with E-state index < -0.39 is 10.0 Å². The van der Waals surface area contributed by atoms with Crippen molar-refractivity contribution in [3.8, 4) is 0 Å². The van der Waals surface area contributed by atoms with Crippen molar-refractivity contribution in [1.82, 2.24) is 4.98 Å². The maximum Gasteiger partial charge on any atom is 0.253 e. The van der Waals surface area contributed by atoms with Crippen LogP contribution in [0.15, 0.2) is 67.0 Å². The molecule has 0 radical (unpaired) electrons. The van der Waals surface area contributed by atoms with E-state index >= 15 is 0 Å². The Morgan fingerprint density at radius 3 is 2.55 bits per heavy atom. The van der Waals surface area contributed by atoms with Gasteiger partial charge < -0.3 is 0 Å². The quantitative estimate of drug-likeness (QED) is 0.684. The van der Waals surface area contributed by atoms with Gasteiger partial charge in [0.15, 0.2) is 0 Å². The Kier molecular flexibility index (Phi) is 4.00. The molecule has 0 aliphatic carbocycles. The zero-order valence-corrected chi connectivity index (χ0v) is 13.1. The van der Waals surface area contributed by atoms with Gasteiger partial charge in [-0.3, -0.25) is 4.98 Å². The Morgan fingerprint density at radius 1 is 1.00 bits per heavy atom. The van der Waals surface area contributed by atoms with Gasteiger partial charge in [0.1, 0.15) is 0 Å². The minimum atomic E-state index is -3.65. The first-order valence-electron chi connectivity index (χ1n) is 6.63. The first kappa shape index (κ1) is 14.8. The second-order valence-electron chi connectivity index (χ2n) is 4.86. The lowest BCUT2D eigenvalue weighted by molar-refractivity contribution is 0.597. The molecule has 3 aromatic rings. The van der Waals surface area contributed by atoms with Gasteiger partial charge in [-0.05, 0) is 29.1 Å². The highest BCUT2D eigenvalue weighted by atomic mass is 35.5. The van der Waals surface area contributed by atoms with Gasteiger partial charge >= 0.3 is 0 Å². The second-order valence-corrected chi connectivity index (χ2v) is 7.22. The highest BCUT2D eigenvalue weighted by Crippen LogP contribution is 2.26. The first-order chi connectivity index (χ1) is 10.6. The molecule has 0 aliphatic rings. The second kappa shape index (κ2) is 5.94. The molecule has 4 nitrogen and oxygen atoms in total. The molecule has 0 atom stereocenters. The van der Waals surface area contributed by atoms with Gasteiger partial charge in [0.25, 0.3) is 10.0 Å². The van der Waals surface area contributed by atoms with E-state index in [-0.39, 0.29) is 5.75 Å². The maximum absolute atomic E-state index is 12.4. The summed E-state index contributed by atoms with van der Waals surface area (Å²) in [6.45, 7) is 0. The van der Waals surface area contributed by atoms with Gasteiger partial charge in [0.2, 0.25) is 0 Å². The number of rotatable bonds is 4. The number of aromatic nitrogens is 1. The van der Waals surface area contributed by atoms with E-state index in [1.807, 2.05) is 12.1 Å². The summed E-state index contributed by atoms with van der Waals surface area (Å²) in [7, 11) is -3.65. The summed E-state index contributed by atoms with van der Waals surface area (Å²) in [5.41, 5.74) is 1.11. The molecule has 0 amide bonds. The Hall–Kier alpha value is -2.11. The van der Waals surface area contributed by atoms with E-state index in [1.54, 1.807) is 54.9 Å². The number of halogens is 1. The van der Waals surface area contributed by atoms with E-state index in [9.17, 15) is 8.42 Å². The summed E-state index contributed by atoms with van der Waals surface area (Å²) < 4.78 is 25.6. The number of fused-ring (bicyclic) bond motifs is 1.